The van der Waals surface area contributed by atoms with Crippen molar-refractivity contribution in [2.45, 2.75) is 39.3 Å². The number of rotatable bonds is 6. The molecule has 1 saturated heterocycles. The first-order chi connectivity index (χ1) is 10.1. The van der Waals surface area contributed by atoms with Crippen molar-refractivity contribution in [1.29, 1.82) is 0 Å². The van der Waals surface area contributed by atoms with E-state index < -0.39 is 5.60 Å². The zero-order valence-electron chi connectivity index (χ0n) is 15.1. The minimum absolute atomic E-state index is 0.123. The zero-order valence-corrected chi connectivity index (χ0v) is 15.1. The average molecular weight is 314 g/mol. The summed E-state index contributed by atoms with van der Waals surface area (Å²) < 4.78 is 0. The number of hydrogen-bond donors (Lipinski definition) is 2. The molecule has 1 heterocycles. The standard InChI is InChI=1S/C16H34N4O2/c1-13(2)14(20-9-7-18(5)8-10-20)11-17-15(21)19(6)12-16(3,4)22/h13-14,22H,7-12H2,1-6H3,(H,17,21). The second-order valence-electron chi connectivity index (χ2n) is 7.51. The number of likely N-dealkylation sites (N-methyl/N-ethyl adjacent to an activating group) is 2. The predicted molar refractivity (Wildman–Crippen MR) is 90.0 cm³/mol. The largest absolute Gasteiger partial charge is 0.389 e. The van der Waals surface area contributed by atoms with Crippen molar-refractivity contribution in [1.82, 2.24) is 20.0 Å². The Bertz CT molecular complexity index is 347. The first kappa shape index (κ1) is 19.2. The van der Waals surface area contributed by atoms with Crippen LogP contribution in [0.3, 0.4) is 0 Å². The fourth-order valence-corrected chi connectivity index (χ4v) is 2.92. The molecule has 0 aromatic rings. The fourth-order valence-electron chi connectivity index (χ4n) is 2.92. The van der Waals surface area contributed by atoms with Crippen LogP contribution in [0.15, 0.2) is 0 Å². The Labute approximate surface area is 135 Å². The number of nitrogens with one attached hydrogen (secondary N) is 1. The van der Waals surface area contributed by atoms with E-state index in [4.69, 9.17) is 0 Å². The van der Waals surface area contributed by atoms with Gasteiger partial charge in [-0.15, -0.1) is 0 Å². The summed E-state index contributed by atoms with van der Waals surface area (Å²) in [5, 5.41) is 12.8. The third-order valence-electron chi connectivity index (χ3n) is 4.21. The Kier molecular flexibility index (Phi) is 7.09. The Balaban J connectivity index is 2.49. The van der Waals surface area contributed by atoms with E-state index in [1.807, 2.05) is 0 Å². The molecule has 1 atom stereocenters. The number of hydrogen-bond acceptors (Lipinski definition) is 4. The van der Waals surface area contributed by atoms with Crippen LogP contribution in [-0.2, 0) is 0 Å². The maximum absolute atomic E-state index is 12.2. The van der Waals surface area contributed by atoms with Crippen LogP contribution in [0, 0.1) is 5.92 Å². The molecule has 1 fully saturated rings. The van der Waals surface area contributed by atoms with Gasteiger partial charge < -0.3 is 20.2 Å². The second-order valence-corrected chi connectivity index (χ2v) is 7.51. The lowest BCUT2D eigenvalue weighted by atomic mass is 10.0. The molecule has 0 bridgehead atoms. The number of carbonyl (C=O) groups excluding carboxylic acids is 1. The Morgan fingerprint density at radius 2 is 1.82 bits per heavy atom. The van der Waals surface area contributed by atoms with E-state index >= 15 is 0 Å². The van der Waals surface area contributed by atoms with Gasteiger partial charge in [0.25, 0.3) is 0 Å². The van der Waals surface area contributed by atoms with Crippen molar-refractivity contribution in [3.8, 4) is 0 Å². The van der Waals surface area contributed by atoms with E-state index in [-0.39, 0.29) is 6.03 Å². The fraction of sp³-hybridized carbons (Fsp3) is 0.938. The normalized spacial score (nSPS) is 19.3. The highest BCUT2D eigenvalue weighted by atomic mass is 16.3. The third kappa shape index (κ3) is 6.50. The van der Waals surface area contributed by atoms with Gasteiger partial charge >= 0.3 is 6.03 Å². The van der Waals surface area contributed by atoms with Gasteiger partial charge in [0.2, 0.25) is 0 Å². The summed E-state index contributed by atoms with van der Waals surface area (Å²) in [6.07, 6.45) is 0. The van der Waals surface area contributed by atoms with E-state index in [0.29, 0.717) is 25.0 Å². The molecule has 0 aromatic heterocycles. The summed E-state index contributed by atoms with van der Waals surface area (Å²) in [7, 11) is 3.86. The Hall–Kier alpha value is -0.850. The number of nitrogens with zero attached hydrogens (tertiary/aromatic N) is 3. The molecular weight excluding hydrogens is 280 g/mol. The minimum atomic E-state index is -0.874. The van der Waals surface area contributed by atoms with Gasteiger partial charge in [0.15, 0.2) is 0 Å². The molecule has 22 heavy (non-hydrogen) atoms. The molecular formula is C16H34N4O2. The number of urea groups is 1. The molecule has 0 aliphatic carbocycles. The summed E-state index contributed by atoms with van der Waals surface area (Å²) in [4.78, 5) is 18.5. The molecule has 1 aliphatic heterocycles. The highest BCUT2D eigenvalue weighted by Gasteiger charge is 2.26. The molecule has 0 radical (unpaired) electrons. The molecule has 0 saturated carbocycles. The van der Waals surface area contributed by atoms with Crippen LogP contribution in [0.5, 0.6) is 0 Å². The second kappa shape index (κ2) is 8.13. The van der Waals surface area contributed by atoms with Crippen molar-refractivity contribution >= 4 is 6.03 Å². The summed E-state index contributed by atoms with van der Waals surface area (Å²) >= 11 is 0. The van der Waals surface area contributed by atoms with Gasteiger partial charge in [0, 0.05) is 45.8 Å². The van der Waals surface area contributed by atoms with Gasteiger partial charge in [-0.2, -0.15) is 0 Å². The molecule has 0 spiro atoms. The van der Waals surface area contributed by atoms with Crippen molar-refractivity contribution in [2.24, 2.45) is 5.92 Å². The van der Waals surface area contributed by atoms with Crippen molar-refractivity contribution < 1.29 is 9.90 Å². The predicted octanol–water partition coefficient (Wildman–Crippen LogP) is 0.671. The van der Waals surface area contributed by atoms with Crippen LogP contribution >= 0.6 is 0 Å². The van der Waals surface area contributed by atoms with Gasteiger partial charge in [-0.1, -0.05) is 13.8 Å². The molecule has 1 rings (SSSR count). The van der Waals surface area contributed by atoms with E-state index in [1.54, 1.807) is 25.8 Å². The Morgan fingerprint density at radius 1 is 1.27 bits per heavy atom. The summed E-state index contributed by atoms with van der Waals surface area (Å²) in [5.74, 6) is 0.489. The first-order valence-corrected chi connectivity index (χ1v) is 8.24. The molecule has 6 nitrogen and oxygen atoms in total. The van der Waals surface area contributed by atoms with Crippen molar-refractivity contribution in [3.63, 3.8) is 0 Å². The molecule has 6 heteroatoms. The van der Waals surface area contributed by atoms with Crippen LogP contribution in [0.4, 0.5) is 4.79 Å². The van der Waals surface area contributed by atoms with Gasteiger partial charge in [-0.25, -0.2) is 4.79 Å². The highest BCUT2D eigenvalue weighted by molar-refractivity contribution is 5.73. The SMILES string of the molecule is CC(C)C(CNC(=O)N(C)CC(C)(C)O)N1CCN(C)CC1. The zero-order chi connectivity index (χ0) is 16.9. The summed E-state index contributed by atoms with van der Waals surface area (Å²) in [6, 6.07) is 0.232. The van der Waals surface area contributed by atoms with Crippen LogP contribution in [0.1, 0.15) is 27.7 Å². The van der Waals surface area contributed by atoms with E-state index in [2.05, 4.69) is 36.0 Å². The summed E-state index contributed by atoms with van der Waals surface area (Å²) in [5.41, 5.74) is -0.874. The van der Waals surface area contributed by atoms with Crippen molar-refractivity contribution in [3.05, 3.63) is 0 Å². The van der Waals surface area contributed by atoms with Crippen LogP contribution in [0.25, 0.3) is 0 Å². The number of amides is 2. The van der Waals surface area contributed by atoms with Gasteiger partial charge in [0.1, 0.15) is 0 Å². The lowest BCUT2D eigenvalue weighted by Crippen LogP contribution is -2.55. The smallest absolute Gasteiger partial charge is 0.317 e. The molecule has 0 aromatic carbocycles. The van der Waals surface area contributed by atoms with Gasteiger partial charge in [0.05, 0.1) is 12.1 Å². The quantitative estimate of drug-likeness (QED) is 0.757. The minimum Gasteiger partial charge on any atom is -0.389 e. The lowest BCUT2D eigenvalue weighted by molar-refractivity contribution is 0.0519. The van der Waals surface area contributed by atoms with E-state index in [0.717, 1.165) is 26.2 Å². The van der Waals surface area contributed by atoms with Crippen LogP contribution < -0.4 is 5.32 Å². The van der Waals surface area contributed by atoms with E-state index in [1.165, 1.54) is 0 Å². The van der Waals surface area contributed by atoms with Crippen LogP contribution in [-0.4, -0.2) is 90.8 Å². The highest BCUT2D eigenvalue weighted by Crippen LogP contribution is 2.13. The first-order valence-electron chi connectivity index (χ1n) is 8.24. The van der Waals surface area contributed by atoms with Crippen molar-refractivity contribution in [2.75, 3.05) is 53.4 Å². The third-order valence-corrected chi connectivity index (χ3v) is 4.21. The average Bonchev–Trinajstić information content (AvgIpc) is 2.38. The molecule has 2 amide bonds. The molecule has 1 aliphatic rings. The topological polar surface area (TPSA) is 59.1 Å². The molecule has 2 N–H and O–H groups in total. The molecule has 130 valence electrons. The Morgan fingerprint density at radius 3 is 2.27 bits per heavy atom. The van der Waals surface area contributed by atoms with Gasteiger partial charge in [-0.3, -0.25) is 4.90 Å². The van der Waals surface area contributed by atoms with E-state index in [9.17, 15) is 9.90 Å². The monoisotopic (exact) mass is 314 g/mol. The summed E-state index contributed by atoms with van der Waals surface area (Å²) in [6.45, 7) is 13.0. The maximum Gasteiger partial charge on any atom is 0.317 e. The maximum atomic E-state index is 12.2. The van der Waals surface area contributed by atoms with Crippen LogP contribution in [0.2, 0.25) is 0 Å². The lowest BCUT2D eigenvalue weighted by Gasteiger charge is -2.40. The number of carbonyl (C=O) groups is 1. The number of piperazine rings is 1. The van der Waals surface area contributed by atoms with Gasteiger partial charge in [-0.05, 0) is 26.8 Å². The number of aliphatic hydroxyl groups is 1. The molecule has 1 unspecified atom stereocenters.